The predicted molar refractivity (Wildman–Crippen MR) is 131 cm³/mol. The van der Waals surface area contributed by atoms with Gasteiger partial charge in [-0.1, -0.05) is 0 Å². The summed E-state index contributed by atoms with van der Waals surface area (Å²) in [6.45, 7) is 13.4. The molecular weight excluding hydrogens is 406 g/mol. The number of nitrogens with zero attached hydrogens (tertiary/aromatic N) is 2. The van der Waals surface area contributed by atoms with Crippen molar-refractivity contribution >= 4 is 17.6 Å². The lowest BCUT2D eigenvalue weighted by molar-refractivity contribution is -0.121. The lowest BCUT2D eigenvalue weighted by Crippen LogP contribution is -2.44. The average Bonchev–Trinajstić information content (AvgIpc) is 3.15. The van der Waals surface area contributed by atoms with Gasteiger partial charge in [0.1, 0.15) is 12.3 Å². The Bertz CT molecular complexity index is 728. The van der Waals surface area contributed by atoms with E-state index >= 15 is 0 Å². The molecule has 1 saturated heterocycles. The van der Waals surface area contributed by atoms with Crippen molar-refractivity contribution in [1.82, 2.24) is 15.5 Å². The van der Waals surface area contributed by atoms with Crippen LogP contribution >= 0.6 is 0 Å². The summed E-state index contributed by atoms with van der Waals surface area (Å²) in [7, 11) is 1.73. The minimum atomic E-state index is -0.286. The molecule has 0 spiro atoms. The number of methoxy groups -OCH3 is 1. The number of rotatable bonds is 10. The third kappa shape index (κ3) is 9.87. The van der Waals surface area contributed by atoms with Gasteiger partial charge in [-0.05, 0) is 78.3 Å². The maximum atomic E-state index is 12.3. The van der Waals surface area contributed by atoms with Gasteiger partial charge >= 0.3 is 0 Å². The van der Waals surface area contributed by atoms with Gasteiger partial charge in [0.05, 0.1) is 12.7 Å². The molecule has 1 atom stereocenters. The first-order valence-corrected chi connectivity index (χ1v) is 11.5. The highest BCUT2D eigenvalue weighted by molar-refractivity contribution is 5.95. The molecule has 8 nitrogen and oxygen atoms in total. The molecule has 1 fully saturated rings. The van der Waals surface area contributed by atoms with Crippen molar-refractivity contribution < 1.29 is 14.3 Å². The van der Waals surface area contributed by atoms with Gasteiger partial charge < -0.3 is 25.4 Å². The van der Waals surface area contributed by atoms with Crippen molar-refractivity contribution in [2.45, 2.75) is 65.1 Å². The number of benzene rings is 1. The van der Waals surface area contributed by atoms with Gasteiger partial charge in [-0.15, -0.1) is 0 Å². The van der Waals surface area contributed by atoms with Crippen molar-refractivity contribution in [3.05, 3.63) is 24.3 Å². The van der Waals surface area contributed by atoms with Crippen LogP contribution in [0.5, 0.6) is 5.75 Å². The molecule has 1 aromatic carbocycles. The van der Waals surface area contributed by atoms with Gasteiger partial charge in [0.25, 0.3) is 0 Å². The fraction of sp³-hybridized carbons (Fsp3) is 0.667. The number of amides is 1. The molecule has 1 aliphatic rings. The first-order chi connectivity index (χ1) is 15.2. The van der Waals surface area contributed by atoms with E-state index in [2.05, 4.69) is 25.8 Å². The van der Waals surface area contributed by atoms with Crippen LogP contribution in [0, 0.1) is 0 Å². The first-order valence-electron chi connectivity index (χ1n) is 11.5. The van der Waals surface area contributed by atoms with Crippen LogP contribution in [0.25, 0.3) is 0 Å². The van der Waals surface area contributed by atoms with Crippen molar-refractivity contribution in [3.8, 4) is 5.75 Å². The Hall–Kier alpha value is -2.32. The number of aliphatic imine (C=N–C) groups is 1. The second-order valence-corrected chi connectivity index (χ2v) is 9.48. The Kier molecular flexibility index (Phi) is 10.3. The van der Waals surface area contributed by atoms with Crippen LogP contribution in [0.1, 0.15) is 47.5 Å². The van der Waals surface area contributed by atoms with Crippen LogP contribution in [0.3, 0.4) is 0 Å². The standard InChI is InChI=1S/C24H41N5O3/c1-18(2)32-21-11-9-19(10-12-21)27-23(26-17-22(30)28-24(3,4)5)25-16-20-8-7-13-29(20)14-15-31-6/h9-12,18,20H,7-8,13-17H2,1-6H3,(H,28,30)(H2,25,26,27). The quantitative estimate of drug-likeness (QED) is 0.378. The van der Waals surface area contributed by atoms with E-state index in [1.54, 1.807) is 7.11 Å². The van der Waals surface area contributed by atoms with Gasteiger partial charge in [0.15, 0.2) is 5.96 Å². The lowest BCUT2D eigenvalue weighted by Gasteiger charge is -2.25. The number of guanidine groups is 1. The number of likely N-dealkylation sites (tertiary alicyclic amines) is 1. The molecule has 8 heteroatoms. The number of hydrogen-bond acceptors (Lipinski definition) is 5. The van der Waals surface area contributed by atoms with Crippen LogP contribution < -0.4 is 20.7 Å². The van der Waals surface area contributed by atoms with Crippen molar-refractivity contribution in [3.63, 3.8) is 0 Å². The van der Waals surface area contributed by atoms with E-state index in [4.69, 9.17) is 9.47 Å². The maximum absolute atomic E-state index is 12.3. The molecule has 1 unspecified atom stereocenters. The Morgan fingerprint density at radius 1 is 1.25 bits per heavy atom. The zero-order chi connectivity index (χ0) is 23.6. The number of carbonyl (C=O) groups excluding carboxylic acids is 1. The topological polar surface area (TPSA) is 87.2 Å². The molecule has 2 rings (SSSR count). The Labute approximate surface area is 193 Å². The SMILES string of the molecule is COCCN1CCCC1CNC(=NCC(=O)NC(C)(C)C)Nc1ccc(OC(C)C)cc1. The zero-order valence-electron chi connectivity index (χ0n) is 20.5. The first kappa shape index (κ1) is 25.9. The minimum absolute atomic E-state index is 0.0548. The van der Waals surface area contributed by atoms with Crippen molar-refractivity contribution in [1.29, 1.82) is 0 Å². The highest BCUT2D eigenvalue weighted by Gasteiger charge is 2.24. The molecule has 0 aromatic heterocycles. The molecule has 1 aliphatic heterocycles. The summed E-state index contributed by atoms with van der Waals surface area (Å²) in [5.74, 6) is 1.30. The van der Waals surface area contributed by atoms with E-state index < -0.39 is 0 Å². The normalized spacial score (nSPS) is 17.5. The molecule has 0 saturated carbocycles. The minimum Gasteiger partial charge on any atom is -0.491 e. The molecule has 0 radical (unpaired) electrons. The number of anilines is 1. The van der Waals surface area contributed by atoms with Gasteiger partial charge in [-0.3, -0.25) is 9.69 Å². The highest BCUT2D eigenvalue weighted by atomic mass is 16.5. The summed E-state index contributed by atoms with van der Waals surface area (Å²) in [4.78, 5) is 19.3. The van der Waals surface area contributed by atoms with E-state index in [0.29, 0.717) is 12.0 Å². The number of ether oxygens (including phenoxy) is 2. The monoisotopic (exact) mass is 447 g/mol. The van der Waals surface area contributed by atoms with E-state index in [0.717, 1.165) is 44.1 Å². The summed E-state index contributed by atoms with van der Waals surface area (Å²) >= 11 is 0. The average molecular weight is 448 g/mol. The van der Waals surface area contributed by atoms with E-state index in [1.807, 2.05) is 58.9 Å². The third-order valence-corrected chi connectivity index (χ3v) is 4.97. The summed E-state index contributed by atoms with van der Waals surface area (Å²) in [5, 5.41) is 9.70. The van der Waals surface area contributed by atoms with E-state index in [9.17, 15) is 4.79 Å². The molecular formula is C24H41N5O3. The van der Waals surface area contributed by atoms with Crippen LogP contribution in [0.2, 0.25) is 0 Å². The fourth-order valence-corrected chi connectivity index (χ4v) is 3.62. The third-order valence-electron chi connectivity index (χ3n) is 4.97. The largest absolute Gasteiger partial charge is 0.491 e. The maximum Gasteiger partial charge on any atom is 0.242 e. The predicted octanol–water partition coefficient (Wildman–Crippen LogP) is 2.86. The number of carbonyl (C=O) groups is 1. The van der Waals surface area contributed by atoms with Gasteiger partial charge in [0.2, 0.25) is 5.91 Å². The summed E-state index contributed by atoms with van der Waals surface area (Å²) in [6, 6.07) is 8.17. The van der Waals surface area contributed by atoms with Crippen LogP contribution in [0.4, 0.5) is 5.69 Å². The summed E-state index contributed by atoms with van der Waals surface area (Å²) < 4.78 is 11.0. The smallest absolute Gasteiger partial charge is 0.242 e. The summed E-state index contributed by atoms with van der Waals surface area (Å²) in [5.41, 5.74) is 0.595. The summed E-state index contributed by atoms with van der Waals surface area (Å²) in [6.07, 6.45) is 2.44. The Morgan fingerprint density at radius 3 is 2.59 bits per heavy atom. The molecule has 0 aliphatic carbocycles. The molecule has 180 valence electrons. The molecule has 3 N–H and O–H groups in total. The number of hydrogen-bond donors (Lipinski definition) is 3. The Morgan fingerprint density at radius 2 is 1.97 bits per heavy atom. The van der Waals surface area contributed by atoms with Crippen LogP contribution in [-0.4, -0.2) is 74.3 Å². The van der Waals surface area contributed by atoms with Crippen molar-refractivity contribution in [2.24, 2.45) is 4.99 Å². The van der Waals surface area contributed by atoms with Crippen molar-refractivity contribution in [2.75, 3.05) is 45.2 Å². The van der Waals surface area contributed by atoms with Gasteiger partial charge in [-0.2, -0.15) is 0 Å². The second-order valence-electron chi connectivity index (χ2n) is 9.48. The molecule has 1 heterocycles. The molecule has 32 heavy (non-hydrogen) atoms. The van der Waals surface area contributed by atoms with Gasteiger partial charge in [-0.25, -0.2) is 4.99 Å². The molecule has 1 amide bonds. The fourth-order valence-electron chi connectivity index (χ4n) is 3.62. The Balaban J connectivity index is 2.03. The second kappa shape index (κ2) is 12.6. The lowest BCUT2D eigenvalue weighted by atomic mass is 10.1. The highest BCUT2D eigenvalue weighted by Crippen LogP contribution is 2.18. The number of nitrogens with one attached hydrogen (secondary N) is 3. The van der Waals surface area contributed by atoms with Gasteiger partial charge in [0, 0.05) is 37.5 Å². The van der Waals surface area contributed by atoms with Crippen LogP contribution in [0.15, 0.2) is 29.3 Å². The van der Waals surface area contributed by atoms with E-state index in [-0.39, 0.29) is 24.1 Å². The van der Waals surface area contributed by atoms with E-state index in [1.165, 1.54) is 6.42 Å². The molecule has 1 aromatic rings. The molecule has 0 bridgehead atoms. The van der Waals surface area contributed by atoms with Crippen LogP contribution in [-0.2, 0) is 9.53 Å². The zero-order valence-corrected chi connectivity index (χ0v) is 20.5.